The summed E-state index contributed by atoms with van der Waals surface area (Å²) in [5.74, 6) is 7.91. The molecule has 0 bridgehead atoms. The summed E-state index contributed by atoms with van der Waals surface area (Å²) in [6.07, 6.45) is -0.763. The number of hydrogen-bond acceptors (Lipinski definition) is 5. The third-order valence-electron chi connectivity index (χ3n) is 3.87. The van der Waals surface area contributed by atoms with Crippen LogP contribution in [-0.2, 0) is 9.59 Å². The van der Waals surface area contributed by atoms with Gasteiger partial charge in [-0.25, -0.2) is 5.48 Å². The minimum absolute atomic E-state index is 0.221. The number of aliphatic hydroxyl groups is 1. The molecular formula is C19H21N3O5. The predicted octanol–water partition coefficient (Wildman–Crippen LogP) is -0.496. The monoisotopic (exact) mass is 371 g/mol. The van der Waals surface area contributed by atoms with Crippen LogP contribution in [0.25, 0.3) is 0 Å². The summed E-state index contributed by atoms with van der Waals surface area (Å²) in [6.45, 7) is 2.74. The molecule has 0 saturated heterocycles. The van der Waals surface area contributed by atoms with Crippen LogP contribution in [0.3, 0.4) is 0 Å². The Morgan fingerprint density at radius 2 is 1.74 bits per heavy atom. The zero-order valence-corrected chi connectivity index (χ0v) is 15.5. The number of aliphatic hydroxyl groups excluding tert-OH is 1. The van der Waals surface area contributed by atoms with Crippen LogP contribution in [-0.4, -0.2) is 58.7 Å². The van der Waals surface area contributed by atoms with Crippen LogP contribution in [0, 0.1) is 23.7 Å². The van der Waals surface area contributed by atoms with E-state index in [9.17, 15) is 14.4 Å². The van der Waals surface area contributed by atoms with Gasteiger partial charge in [0.25, 0.3) is 17.7 Å². The van der Waals surface area contributed by atoms with E-state index in [1.54, 1.807) is 12.1 Å². The Bertz CT molecular complexity index is 822. The maximum Gasteiger partial charge on any atom is 0.278 e. The molecule has 8 nitrogen and oxygen atoms in total. The van der Waals surface area contributed by atoms with Crippen molar-refractivity contribution in [1.29, 1.82) is 0 Å². The fourth-order valence-electron chi connectivity index (χ4n) is 2.10. The fourth-order valence-corrected chi connectivity index (χ4v) is 2.10. The van der Waals surface area contributed by atoms with Crippen molar-refractivity contribution in [1.82, 2.24) is 15.7 Å². The van der Waals surface area contributed by atoms with Gasteiger partial charge in [-0.05, 0) is 50.0 Å². The highest BCUT2D eigenvalue weighted by Crippen LogP contribution is 2.18. The Labute approximate surface area is 157 Å². The molecule has 0 aliphatic heterocycles. The number of carbonyl (C=O) groups is 3. The van der Waals surface area contributed by atoms with Crippen molar-refractivity contribution in [2.45, 2.75) is 25.5 Å². The molecule has 0 aliphatic carbocycles. The Morgan fingerprint density at radius 3 is 2.22 bits per heavy atom. The molecule has 4 N–H and O–H groups in total. The van der Waals surface area contributed by atoms with Crippen molar-refractivity contribution in [3.8, 4) is 23.7 Å². The predicted molar refractivity (Wildman–Crippen MR) is 97.3 cm³/mol. The van der Waals surface area contributed by atoms with Gasteiger partial charge in [0, 0.05) is 25.2 Å². The SMILES string of the molecule is CNC(=O)C(C)(C(=O)NO)N(C)C(=O)c1ccc(C#CC#CC(C)O)cc1. The highest BCUT2D eigenvalue weighted by Gasteiger charge is 2.47. The van der Waals surface area contributed by atoms with E-state index in [1.807, 2.05) is 0 Å². The first-order chi connectivity index (χ1) is 12.7. The number of nitrogens with one attached hydrogen (secondary N) is 2. The molecule has 0 spiro atoms. The van der Waals surface area contributed by atoms with Gasteiger partial charge in [-0.2, -0.15) is 0 Å². The third-order valence-corrected chi connectivity index (χ3v) is 3.87. The molecule has 2 unspecified atom stereocenters. The number of nitrogens with zero attached hydrogens (tertiary/aromatic N) is 1. The van der Waals surface area contributed by atoms with Gasteiger partial charge >= 0.3 is 0 Å². The van der Waals surface area contributed by atoms with Gasteiger partial charge in [-0.1, -0.05) is 11.8 Å². The molecule has 8 heteroatoms. The Morgan fingerprint density at radius 1 is 1.15 bits per heavy atom. The van der Waals surface area contributed by atoms with Crippen LogP contribution >= 0.6 is 0 Å². The van der Waals surface area contributed by atoms with Gasteiger partial charge in [0.15, 0.2) is 5.54 Å². The maximum atomic E-state index is 12.7. The van der Waals surface area contributed by atoms with Crippen LogP contribution in [0.1, 0.15) is 29.8 Å². The number of carbonyl (C=O) groups excluding carboxylic acids is 3. The van der Waals surface area contributed by atoms with Gasteiger partial charge in [-0.3, -0.25) is 19.6 Å². The Kier molecular flexibility index (Phi) is 7.55. The van der Waals surface area contributed by atoms with Crippen molar-refractivity contribution in [2.75, 3.05) is 14.1 Å². The lowest BCUT2D eigenvalue weighted by molar-refractivity contribution is -0.148. The fraction of sp³-hybridized carbons (Fsp3) is 0.316. The molecule has 0 aliphatic rings. The topological polar surface area (TPSA) is 119 Å². The number of amides is 3. The van der Waals surface area contributed by atoms with E-state index in [2.05, 4.69) is 29.0 Å². The largest absolute Gasteiger partial charge is 0.381 e. The van der Waals surface area contributed by atoms with Crippen LogP contribution in [0.15, 0.2) is 24.3 Å². The van der Waals surface area contributed by atoms with Crippen molar-refractivity contribution >= 4 is 17.7 Å². The second-order valence-corrected chi connectivity index (χ2v) is 5.73. The second kappa shape index (κ2) is 9.39. The molecule has 1 aromatic carbocycles. The first-order valence-corrected chi connectivity index (χ1v) is 7.93. The zero-order chi connectivity index (χ0) is 20.6. The molecular weight excluding hydrogens is 350 g/mol. The van der Waals surface area contributed by atoms with E-state index in [1.165, 1.54) is 45.6 Å². The molecule has 3 amide bonds. The number of hydrogen-bond donors (Lipinski definition) is 4. The van der Waals surface area contributed by atoms with Crippen LogP contribution in [0.2, 0.25) is 0 Å². The second-order valence-electron chi connectivity index (χ2n) is 5.73. The van der Waals surface area contributed by atoms with E-state index in [4.69, 9.17) is 10.3 Å². The minimum Gasteiger partial charge on any atom is -0.381 e. The smallest absolute Gasteiger partial charge is 0.278 e. The summed E-state index contributed by atoms with van der Waals surface area (Å²) in [4.78, 5) is 37.7. The zero-order valence-electron chi connectivity index (χ0n) is 15.5. The summed E-state index contributed by atoms with van der Waals surface area (Å²) in [7, 11) is 2.60. The number of hydroxylamine groups is 1. The lowest BCUT2D eigenvalue weighted by atomic mass is 9.96. The third kappa shape index (κ3) is 5.08. The lowest BCUT2D eigenvalue weighted by Gasteiger charge is -2.34. The van der Waals surface area contributed by atoms with Crippen LogP contribution in [0.5, 0.6) is 0 Å². The summed E-state index contributed by atoms with van der Waals surface area (Å²) >= 11 is 0. The van der Waals surface area contributed by atoms with Gasteiger partial charge in [0.1, 0.15) is 6.10 Å². The minimum atomic E-state index is -1.95. The number of rotatable bonds is 4. The van der Waals surface area contributed by atoms with E-state index >= 15 is 0 Å². The van der Waals surface area contributed by atoms with Gasteiger partial charge in [0.2, 0.25) is 0 Å². The summed E-state index contributed by atoms with van der Waals surface area (Å²) in [5.41, 5.74) is 0.277. The number of likely N-dealkylation sites (N-methyl/N-ethyl adjacent to an activating group) is 2. The Hall–Kier alpha value is -3.33. The van der Waals surface area contributed by atoms with Crippen molar-refractivity contribution < 1.29 is 24.7 Å². The summed E-state index contributed by atoms with van der Waals surface area (Å²) < 4.78 is 0. The maximum absolute atomic E-state index is 12.7. The lowest BCUT2D eigenvalue weighted by Crippen LogP contribution is -2.64. The summed E-state index contributed by atoms with van der Waals surface area (Å²) in [6, 6.07) is 6.15. The highest BCUT2D eigenvalue weighted by atomic mass is 16.5. The molecule has 0 heterocycles. The first kappa shape index (κ1) is 21.7. The van der Waals surface area contributed by atoms with Gasteiger partial charge < -0.3 is 15.3 Å². The molecule has 0 fully saturated rings. The van der Waals surface area contributed by atoms with E-state index < -0.39 is 29.4 Å². The molecule has 27 heavy (non-hydrogen) atoms. The normalized spacial score (nSPS) is 12.8. The van der Waals surface area contributed by atoms with Crippen molar-refractivity contribution in [2.24, 2.45) is 0 Å². The average Bonchev–Trinajstić information content (AvgIpc) is 2.68. The Balaban J connectivity index is 3.09. The highest BCUT2D eigenvalue weighted by molar-refractivity contribution is 6.12. The quantitative estimate of drug-likeness (QED) is 0.246. The molecule has 0 saturated carbocycles. The molecule has 0 radical (unpaired) electrons. The summed E-state index contributed by atoms with van der Waals surface area (Å²) in [5, 5.41) is 20.3. The van der Waals surface area contributed by atoms with E-state index in [0.29, 0.717) is 5.56 Å². The molecule has 1 rings (SSSR count). The molecule has 142 valence electrons. The molecule has 0 aromatic heterocycles. The average molecular weight is 371 g/mol. The molecule has 1 aromatic rings. The molecule has 2 atom stereocenters. The van der Waals surface area contributed by atoms with Crippen molar-refractivity contribution in [3.05, 3.63) is 35.4 Å². The van der Waals surface area contributed by atoms with Crippen molar-refractivity contribution in [3.63, 3.8) is 0 Å². The number of benzene rings is 1. The van der Waals surface area contributed by atoms with Crippen LogP contribution in [0.4, 0.5) is 0 Å². The van der Waals surface area contributed by atoms with Gasteiger partial charge in [0.05, 0.1) is 0 Å². The standard InChI is InChI=1S/C19H21N3O5/c1-13(23)7-5-6-8-14-9-11-15(12-10-14)16(24)22(4)19(2,17(25)20-3)18(26)21-27/h9-13,23,27H,1-4H3,(H,20,25)(H,21,26). The first-order valence-electron chi connectivity index (χ1n) is 7.93. The van der Waals surface area contributed by atoms with E-state index in [-0.39, 0.29) is 5.56 Å². The van der Waals surface area contributed by atoms with Gasteiger partial charge in [-0.15, -0.1) is 0 Å². The van der Waals surface area contributed by atoms with E-state index in [0.717, 1.165) is 4.90 Å². The van der Waals surface area contributed by atoms with Crippen LogP contribution < -0.4 is 10.8 Å².